The van der Waals surface area contributed by atoms with Gasteiger partial charge in [0.15, 0.2) is 0 Å². The fourth-order valence-electron chi connectivity index (χ4n) is 3.18. The van der Waals surface area contributed by atoms with E-state index in [1.165, 1.54) is 36.4 Å². The van der Waals surface area contributed by atoms with Gasteiger partial charge in [-0.15, -0.1) is 0 Å². The van der Waals surface area contributed by atoms with Gasteiger partial charge < -0.3 is 10.1 Å². The van der Waals surface area contributed by atoms with Crippen LogP contribution < -0.4 is 5.32 Å². The maximum atomic E-state index is 12.9. The Labute approximate surface area is 153 Å². The number of esters is 1. The molecule has 7 nitrogen and oxygen atoms in total. The fraction of sp³-hybridized carbons (Fsp3) is 0.556. The van der Waals surface area contributed by atoms with Gasteiger partial charge >= 0.3 is 5.97 Å². The number of amides is 1. The summed E-state index contributed by atoms with van der Waals surface area (Å²) in [7, 11) is -2.59. The summed E-state index contributed by atoms with van der Waals surface area (Å²) in [5, 5.41) is 2.96. The molecule has 1 aromatic carbocycles. The first kappa shape index (κ1) is 18.8. The molecule has 8 heteroatoms. The molecule has 0 radical (unpaired) electrons. The van der Waals surface area contributed by atoms with E-state index >= 15 is 0 Å². The van der Waals surface area contributed by atoms with E-state index in [4.69, 9.17) is 0 Å². The molecule has 1 aliphatic carbocycles. The van der Waals surface area contributed by atoms with Crippen LogP contribution in [0.5, 0.6) is 0 Å². The molecule has 3 rings (SSSR count). The zero-order valence-corrected chi connectivity index (χ0v) is 15.6. The van der Waals surface area contributed by atoms with E-state index in [1.807, 2.05) is 0 Å². The highest BCUT2D eigenvalue weighted by atomic mass is 32.2. The minimum atomic E-state index is -3.81. The number of nitrogens with one attached hydrogen (secondary N) is 1. The van der Waals surface area contributed by atoms with Crippen molar-refractivity contribution < 1.29 is 22.7 Å². The van der Waals surface area contributed by atoms with Gasteiger partial charge in [-0.3, -0.25) is 4.79 Å². The van der Waals surface area contributed by atoms with Crippen LogP contribution >= 0.6 is 0 Å². The molecule has 2 fully saturated rings. The Morgan fingerprint density at radius 3 is 2.42 bits per heavy atom. The number of rotatable bonds is 6. The summed E-state index contributed by atoms with van der Waals surface area (Å²) in [5.41, 5.74) is 0.0271. The van der Waals surface area contributed by atoms with Crippen LogP contribution in [0.3, 0.4) is 0 Å². The first-order valence-electron chi connectivity index (χ1n) is 8.88. The lowest BCUT2D eigenvalue weighted by Crippen LogP contribution is -2.43. The average Bonchev–Trinajstić information content (AvgIpc) is 3.50. The highest BCUT2D eigenvalue weighted by molar-refractivity contribution is 7.89. The smallest absolute Gasteiger partial charge is 0.339 e. The molecule has 1 amide bonds. The highest BCUT2D eigenvalue weighted by Gasteiger charge is 2.34. The van der Waals surface area contributed by atoms with Crippen molar-refractivity contribution in [2.45, 2.75) is 30.6 Å². The lowest BCUT2D eigenvalue weighted by molar-refractivity contribution is -0.126. The largest absolute Gasteiger partial charge is 0.465 e. The molecule has 142 valence electrons. The third-order valence-corrected chi connectivity index (χ3v) is 6.95. The Kier molecular flexibility index (Phi) is 5.62. The summed E-state index contributed by atoms with van der Waals surface area (Å²) in [6.45, 7) is 1.25. The number of nitrogens with zero attached hydrogens (tertiary/aromatic N) is 1. The Hall–Kier alpha value is -1.93. The van der Waals surface area contributed by atoms with Crippen molar-refractivity contribution in [2.24, 2.45) is 11.8 Å². The summed E-state index contributed by atoms with van der Waals surface area (Å²) in [4.78, 5) is 24.0. The zero-order chi connectivity index (χ0) is 18.7. The maximum Gasteiger partial charge on any atom is 0.339 e. The summed E-state index contributed by atoms with van der Waals surface area (Å²) in [5.74, 6) is -0.201. The van der Waals surface area contributed by atoms with Crippen molar-refractivity contribution >= 4 is 21.9 Å². The molecule has 0 aromatic heterocycles. The van der Waals surface area contributed by atoms with E-state index in [1.54, 1.807) is 12.1 Å². The number of ether oxygens (including phenoxy) is 1. The van der Waals surface area contributed by atoms with E-state index in [9.17, 15) is 18.0 Å². The fourth-order valence-corrected chi connectivity index (χ4v) is 4.83. The second-order valence-corrected chi connectivity index (χ2v) is 8.76. The third-order valence-electron chi connectivity index (χ3n) is 5.00. The van der Waals surface area contributed by atoms with Crippen molar-refractivity contribution in [1.82, 2.24) is 9.62 Å². The van der Waals surface area contributed by atoms with E-state index < -0.39 is 16.0 Å². The van der Waals surface area contributed by atoms with Gasteiger partial charge in [-0.05, 0) is 43.7 Å². The summed E-state index contributed by atoms with van der Waals surface area (Å²) < 4.78 is 31.9. The van der Waals surface area contributed by atoms with Gasteiger partial charge in [-0.25, -0.2) is 13.2 Å². The molecule has 1 saturated carbocycles. The molecule has 0 bridgehead atoms. The maximum absolute atomic E-state index is 12.9. The van der Waals surface area contributed by atoms with Crippen molar-refractivity contribution in [1.29, 1.82) is 0 Å². The predicted molar refractivity (Wildman–Crippen MR) is 95.0 cm³/mol. The van der Waals surface area contributed by atoms with Crippen LogP contribution in [0, 0.1) is 11.8 Å². The van der Waals surface area contributed by atoms with Crippen LogP contribution in [0.4, 0.5) is 0 Å². The summed E-state index contributed by atoms with van der Waals surface area (Å²) >= 11 is 0. The SMILES string of the molecule is COC(=O)c1ccccc1S(=O)(=O)N1CCC(C(=O)NCC2CC2)CC1. The van der Waals surface area contributed by atoms with Crippen molar-refractivity contribution in [3.63, 3.8) is 0 Å². The first-order chi connectivity index (χ1) is 12.4. The van der Waals surface area contributed by atoms with Crippen LogP contribution in [0.25, 0.3) is 0 Å². The predicted octanol–water partition coefficient (Wildman–Crippen LogP) is 1.40. The van der Waals surface area contributed by atoms with Crippen molar-refractivity contribution in [3.05, 3.63) is 29.8 Å². The normalized spacial score (nSPS) is 19.1. The van der Waals surface area contributed by atoms with Gasteiger partial charge in [0.05, 0.1) is 17.6 Å². The number of piperidine rings is 1. The molecule has 1 aromatic rings. The van der Waals surface area contributed by atoms with Crippen LogP contribution in [0.1, 0.15) is 36.0 Å². The first-order valence-corrected chi connectivity index (χ1v) is 10.3. The molecule has 26 heavy (non-hydrogen) atoms. The van der Waals surface area contributed by atoms with E-state index in [0.717, 1.165) is 6.54 Å². The molecule has 0 unspecified atom stereocenters. The monoisotopic (exact) mass is 380 g/mol. The second-order valence-electron chi connectivity index (χ2n) is 6.85. The van der Waals surface area contributed by atoms with Gasteiger partial charge in [0, 0.05) is 25.6 Å². The number of hydrogen-bond acceptors (Lipinski definition) is 5. The second kappa shape index (κ2) is 7.75. The Balaban J connectivity index is 1.66. The van der Waals surface area contributed by atoms with Crippen LogP contribution in [0.2, 0.25) is 0 Å². The Morgan fingerprint density at radius 2 is 1.81 bits per heavy atom. The molecule has 1 heterocycles. The van der Waals surface area contributed by atoms with Gasteiger partial charge in [0.1, 0.15) is 0 Å². The zero-order valence-electron chi connectivity index (χ0n) is 14.8. The minimum Gasteiger partial charge on any atom is -0.465 e. The molecule has 0 atom stereocenters. The lowest BCUT2D eigenvalue weighted by atomic mass is 9.97. The van der Waals surface area contributed by atoms with E-state index in [-0.39, 0.29) is 35.4 Å². The Bertz CT molecular complexity index is 781. The van der Waals surface area contributed by atoms with Gasteiger partial charge in [-0.2, -0.15) is 4.31 Å². The van der Waals surface area contributed by atoms with Gasteiger partial charge in [-0.1, -0.05) is 12.1 Å². The molecular formula is C18H24N2O5S. The van der Waals surface area contributed by atoms with Crippen LogP contribution in [-0.4, -0.2) is 51.3 Å². The van der Waals surface area contributed by atoms with E-state index in [0.29, 0.717) is 18.8 Å². The number of carbonyl (C=O) groups is 2. The van der Waals surface area contributed by atoms with Crippen LogP contribution in [-0.2, 0) is 19.6 Å². The number of methoxy groups -OCH3 is 1. The lowest BCUT2D eigenvalue weighted by Gasteiger charge is -2.31. The highest BCUT2D eigenvalue weighted by Crippen LogP contribution is 2.29. The van der Waals surface area contributed by atoms with Crippen molar-refractivity contribution in [3.8, 4) is 0 Å². The van der Waals surface area contributed by atoms with Crippen molar-refractivity contribution in [2.75, 3.05) is 26.7 Å². The van der Waals surface area contributed by atoms with Gasteiger partial charge in [0.2, 0.25) is 15.9 Å². The molecule has 1 saturated heterocycles. The third kappa shape index (κ3) is 4.07. The van der Waals surface area contributed by atoms with Gasteiger partial charge in [0.25, 0.3) is 0 Å². The number of benzene rings is 1. The number of carbonyl (C=O) groups excluding carboxylic acids is 2. The molecule has 2 aliphatic rings. The molecular weight excluding hydrogens is 356 g/mol. The molecule has 0 spiro atoms. The minimum absolute atomic E-state index is 0.0175. The average molecular weight is 380 g/mol. The van der Waals surface area contributed by atoms with E-state index in [2.05, 4.69) is 10.1 Å². The van der Waals surface area contributed by atoms with Crippen LogP contribution in [0.15, 0.2) is 29.2 Å². The quantitative estimate of drug-likeness (QED) is 0.753. The topological polar surface area (TPSA) is 92.8 Å². The molecule has 1 N–H and O–H groups in total. The number of sulfonamides is 1. The molecule has 1 aliphatic heterocycles. The standard InChI is InChI=1S/C18H24N2O5S/c1-25-18(22)15-4-2-3-5-16(15)26(23,24)20-10-8-14(9-11-20)17(21)19-12-13-6-7-13/h2-5,13-14H,6-12H2,1H3,(H,19,21). The Morgan fingerprint density at radius 1 is 1.15 bits per heavy atom. The summed E-state index contributed by atoms with van der Waals surface area (Å²) in [6.07, 6.45) is 3.32. The summed E-state index contributed by atoms with van der Waals surface area (Å²) in [6, 6.07) is 6.03. The number of hydrogen-bond donors (Lipinski definition) is 1.